The molecule has 0 amide bonds. The maximum atomic E-state index is 10.3. The molecule has 2 N–H and O–H groups in total. The van der Waals surface area contributed by atoms with Crippen molar-refractivity contribution in [2.75, 3.05) is 5.75 Å². The van der Waals surface area contributed by atoms with Crippen molar-refractivity contribution >= 4 is 22.4 Å². The number of halogens is 1. The highest BCUT2D eigenvalue weighted by Crippen LogP contribution is 2.32. The molecule has 0 unspecified atom stereocenters. The van der Waals surface area contributed by atoms with Gasteiger partial charge in [0.1, 0.15) is 0 Å². The molecule has 3 nitrogen and oxygen atoms in total. The zero-order valence-corrected chi connectivity index (χ0v) is 7.25. The molecule has 62 valence electrons. The lowest BCUT2D eigenvalue weighted by molar-refractivity contribution is 0.592. The van der Waals surface area contributed by atoms with Gasteiger partial charge in [0.25, 0.3) is 0 Å². The normalized spacial score (nSPS) is 18.1. The van der Waals surface area contributed by atoms with E-state index in [1.807, 2.05) is 0 Å². The van der Waals surface area contributed by atoms with Gasteiger partial charge in [-0.15, -0.1) is 12.4 Å². The molecular weight excluding hydrogens is 174 g/mol. The predicted molar refractivity (Wildman–Crippen MR) is 42.6 cm³/mol. The van der Waals surface area contributed by atoms with Crippen LogP contribution in [0.4, 0.5) is 0 Å². The Morgan fingerprint density at radius 3 is 2.20 bits per heavy atom. The van der Waals surface area contributed by atoms with Crippen molar-refractivity contribution in [2.24, 2.45) is 11.1 Å². The van der Waals surface area contributed by atoms with Gasteiger partial charge in [-0.25, -0.2) is 13.6 Å². The van der Waals surface area contributed by atoms with E-state index in [9.17, 15) is 8.42 Å². The van der Waals surface area contributed by atoms with Gasteiger partial charge >= 0.3 is 0 Å². The Morgan fingerprint density at radius 1 is 1.40 bits per heavy atom. The molecule has 5 heteroatoms. The van der Waals surface area contributed by atoms with Crippen LogP contribution in [0.3, 0.4) is 0 Å². The summed E-state index contributed by atoms with van der Waals surface area (Å²) in [6.07, 6.45) is 3.14. The lowest BCUT2D eigenvalue weighted by Gasteiger charge is -1.93. The van der Waals surface area contributed by atoms with Gasteiger partial charge in [0.15, 0.2) is 0 Å². The molecule has 0 bridgehead atoms. The first-order chi connectivity index (χ1) is 4.08. The molecule has 0 spiro atoms. The lowest BCUT2D eigenvalue weighted by Crippen LogP contribution is -2.16. The molecule has 0 aromatic heterocycles. The van der Waals surface area contributed by atoms with Gasteiger partial charge in [0.05, 0.1) is 5.75 Å². The molecule has 0 heterocycles. The number of sulfonamides is 1. The maximum Gasteiger partial charge on any atom is 0.209 e. The summed E-state index contributed by atoms with van der Waals surface area (Å²) < 4.78 is 20.7. The van der Waals surface area contributed by atoms with Crippen LogP contribution in [0.1, 0.15) is 19.3 Å². The van der Waals surface area contributed by atoms with Gasteiger partial charge in [0.2, 0.25) is 10.0 Å². The van der Waals surface area contributed by atoms with Crippen LogP contribution in [0.15, 0.2) is 0 Å². The zero-order chi connectivity index (χ0) is 6.91. The van der Waals surface area contributed by atoms with Gasteiger partial charge in [-0.05, 0) is 12.3 Å². The molecule has 0 aliphatic heterocycles. The van der Waals surface area contributed by atoms with E-state index in [0.717, 1.165) is 6.42 Å². The summed E-state index contributed by atoms with van der Waals surface area (Å²) in [4.78, 5) is 0. The molecule has 1 saturated carbocycles. The topological polar surface area (TPSA) is 60.2 Å². The Hall–Kier alpha value is 0.200. The van der Waals surface area contributed by atoms with Gasteiger partial charge in [0, 0.05) is 0 Å². The molecule has 0 atom stereocenters. The number of primary sulfonamides is 1. The third kappa shape index (κ3) is 5.02. The molecule has 0 aromatic rings. The monoisotopic (exact) mass is 185 g/mol. The molecule has 0 radical (unpaired) electrons. The highest BCUT2D eigenvalue weighted by molar-refractivity contribution is 7.89. The first kappa shape index (κ1) is 10.2. The highest BCUT2D eigenvalue weighted by Gasteiger charge is 2.22. The highest BCUT2D eigenvalue weighted by atomic mass is 35.5. The molecule has 10 heavy (non-hydrogen) atoms. The number of hydrogen-bond acceptors (Lipinski definition) is 2. The Kier molecular flexibility index (Phi) is 3.62. The van der Waals surface area contributed by atoms with Crippen LogP contribution in [0, 0.1) is 5.92 Å². The summed E-state index contributed by atoms with van der Waals surface area (Å²) in [5, 5.41) is 4.78. The van der Waals surface area contributed by atoms with Crippen LogP contribution in [-0.2, 0) is 10.0 Å². The van der Waals surface area contributed by atoms with Gasteiger partial charge in [-0.1, -0.05) is 12.8 Å². The van der Waals surface area contributed by atoms with Crippen molar-refractivity contribution in [2.45, 2.75) is 19.3 Å². The van der Waals surface area contributed by atoms with Crippen LogP contribution < -0.4 is 5.14 Å². The zero-order valence-electron chi connectivity index (χ0n) is 5.62. The largest absolute Gasteiger partial charge is 0.229 e. The van der Waals surface area contributed by atoms with Gasteiger partial charge < -0.3 is 0 Å². The van der Waals surface area contributed by atoms with Gasteiger partial charge in [-0.2, -0.15) is 0 Å². The minimum atomic E-state index is -3.18. The molecular formula is C5H12ClNO2S. The van der Waals surface area contributed by atoms with Crippen molar-refractivity contribution in [1.29, 1.82) is 0 Å². The van der Waals surface area contributed by atoms with E-state index >= 15 is 0 Å². The minimum Gasteiger partial charge on any atom is -0.229 e. The van der Waals surface area contributed by atoms with E-state index in [1.54, 1.807) is 0 Å². The number of nitrogens with two attached hydrogens (primary N) is 1. The summed E-state index contributed by atoms with van der Waals surface area (Å²) in [5.41, 5.74) is 0. The SMILES string of the molecule is Cl.NS(=O)(=O)CCC1CC1. The fourth-order valence-corrected chi connectivity index (χ4v) is 1.40. The quantitative estimate of drug-likeness (QED) is 0.696. The van der Waals surface area contributed by atoms with Crippen LogP contribution in [-0.4, -0.2) is 14.2 Å². The first-order valence-electron chi connectivity index (χ1n) is 3.08. The van der Waals surface area contributed by atoms with E-state index in [1.165, 1.54) is 12.8 Å². The van der Waals surface area contributed by atoms with Crippen LogP contribution in [0.5, 0.6) is 0 Å². The Bertz CT molecular complexity index is 186. The van der Waals surface area contributed by atoms with E-state index in [4.69, 9.17) is 5.14 Å². The van der Waals surface area contributed by atoms with Crippen LogP contribution in [0.2, 0.25) is 0 Å². The smallest absolute Gasteiger partial charge is 0.209 e. The molecule has 1 fully saturated rings. The fourth-order valence-electron chi connectivity index (χ4n) is 0.737. The number of hydrogen-bond donors (Lipinski definition) is 1. The van der Waals surface area contributed by atoms with Crippen molar-refractivity contribution in [3.8, 4) is 0 Å². The predicted octanol–water partition coefficient (Wildman–Crippen LogP) is 0.497. The Balaban J connectivity index is 0.000000810. The van der Waals surface area contributed by atoms with E-state index in [2.05, 4.69) is 0 Å². The third-order valence-electron chi connectivity index (χ3n) is 1.51. The molecule has 1 aliphatic rings. The molecule has 1 rings (SSSR count). The van der Waals surface area contributed by atoms with E-state index < -0.39 is 10.0 Å². The van der Waals surface area contributed by atoms with Crippen molar-refractivity contribution in [3.63, 3.8) is 0 Å². The molecule has 1 aliphatic carbocycles. The summed E-state index contributed by atoms with van der Waals surface area (Å²) in [7, 11) is -3.18. The fraction of sp³-hybridized carbons (Fsp3) is 1.00. The van der Waals surface area contributed by atoms with E-state index in [-0.39, 0.29) is 18.2 Å². The Labute approximate surface area is 67.4 Å². The third-order valence-corrected chi connectivity index (χ3v) is 2.31. The van der Waals surface area contributed by atoms with Crippen molar-refractivity contribution in [3.05, 3.63) is 0 Å². The second kappa shape index (κ2) is 3.55. The summed E-state index contributed by atoms with van der Waals surface area (Å²) in [6, 6.07) is 0. The summed E-state index contributed by atoms with van der Waals surface area (Å²) in [6.45, 7) is 0. The second-order valence-corrected chi connectivity index (χ2v) is 4.33. The molecule has 0 saturated heterocycles. The van der Waals surface area contributed by atoms with Crippen LogP contribution >= 0.6 is 12.4 Å². The second-order valence-electron chi connectivity index (χ2n) is 2.60. The average molecular weight is 186 g/mol. The first-order valence-corrected chi connectivity index (χ1v) is 4.80. The average Bonchev–Trinajstić information content (AvgIpc) is 2.38. The lowest BCUT2D eigenvalue weighted by atomic mass is 10.3. The van der Waals surface area contributed by atoms with E-state index in [0.29, 0.717) is 5.92 Å². The van der Waals surface area contributed by atoms with Crippen molar-refractivity contribution in [1.82, 2.24) is 0 Å². The standard InChI is InChI=1S/C5H11NO2S.ClH/c6-9(7,8)4-3-5-1-2-5;/h5H,1-4H2,(H2,6,7,8);1H. The maximum absolute atomic E-state index is 10.3. The minimum absolute atomic E-state index is 0. The Morgan fingerprint density at radius 2 is 1.90 bits per heavy atom. The summed E-state index contributed by atoms with van der Waals surface area (Å²) in [5.74, 6) is 0.820. The van der Waals surface area contributed by atoms with Crippen molar-refractivity contribution < 1.29 is 8.42 Å². The summed E-state index contributed by atoms with van der Waals surface area (Å²) >= 11 is 0. The molecule has 0 aromatic carbocycles. The number of rotatable bonds is 3. The van der Waals surface area contributed by atoms with Gasteiger partial charge in [-0.3, -0.25) is 0 Å². The van der Waals surface area contributed by atoms with Crippen LogP contribution in [0.25, 0.3) is 0 Å².